The first-order chi connectivity index (χ1) is 6.72. The van der Waals surface area contributed by atoms with Crippen molar-refractivity contribution in [3.8, 4) is 5.75 Å². The zero-order chi connectivity index (χ0) is 11.2. The molecule has 0 aliphatic heterocycles. The summed E-state index contributed by atoms with van der Waals surface area (Å²) in [5, 5.41) is 8.63. The van der Waals surface area contributed by atoms with E-state index in [1.807, 2.05) is 6.07 Å². The molecule has 1 aromatic rings. The summed E-state index contributed by atoms with van der Waals surface area (Å²) in [4.78, 5) is 0. The van der Waals surface area contributed by atoms with Gasteiger partial charge in [-0.3, -0.25) is 0 Å². The highest BCUT2D eigenvalue weighted by Crippen LogP contribution is 2.02. The molecule has 0 heterocycles. The molecule has 1 nitrogen and oxygen atoms in total. The summed E-state index contributed by atoms with van der Waals surface area (Å²) in [5.74, 6) is 0.322. The molecule has 0 saturated heterocycles. The van der Waals surface area contributed by atoms with E-state index in [0.29, 0.717) is 5.75 Å². The van der Waals surface area contributed by atoms with Crippen molar-refractivity contribution in [3.05, 3.63) is 30.3 Å². The van der Waals surface area contributed by atoms with Crippen molar-refractivity contribution in [1.29, 1.82) is 0 Å². The van der Waals surface area contributed by atoms with Crippen molar-refractivity contribution in [2.45, 2.75) is 47.0 Å². The normalized spacial score (nSPS) is 7.71. The minimum absolute atomic E-state index is 0.322. The van der Waals surface area contributed by atoms with E-state index in [1.54, 1.807) is 24.3 Å². The first-order valence-corrected chi connectivity index (χ1v) is 5.46. The number of phenols is 1. The van der Waals surface area contributed by atoms with E-state index in [4.69, 9.17) is 5.11 Å². The molecule has 0 fully saturated rings. The lowest BCUT2D eigenvalue weighted by Gasteiger charge is -1.82. The molecular formula is C13H24O. The summed E-state index contributed by atoms with van der Waals surface area (Å²) in [6, 6.07) is 8.71. The Morgan fingerprint density at radius 2 is 1.21 bits per heavy atom. The van der Waals surface area contributed by atoms with Crippen LogP contribution < -0.4 is 0 Å². The molecule has 0 aliphatic carbocycles. The summed E-state index contributed by atoms with van der Waals surface area (Å²) >= 11 is 0. The van der Waals surface area contributed by atoms with Crippen LogP contribution in [-0.4, -0.2) is 5.11 Å². The van der Waals surface area contributed by atoms with Crippen LogP contribution in [0.3, 0.4) is 0 Å². The number of para-hydroxylation sites is 1. The number of rotatable bonds is 1. The molecule has 0 amide bonds. The molecule has 82 valence electrons. The van der Waals surface area contributed by atoms with Crippen LogP contribution in [0.5, 0.6) is 5.75 Å². The SMILES string of the molecule is CCC.CCCC.Oc1ccccc1. The highest BCUT2D eigenvalue weighted by atomic mass is 16.3. The van der Waals surface area contributed by atoms with Crippen LogP contribution in [0.25, 0.3) is 0 Å². The Hall–Kier alpha value is -0.980. The molecule has 0 spiro atoms. The average Bonchev–Trinajstić information content (AvgIpc) is 2.21. The Bertz CT molecular complexity index is 168. The Kier molecular flexibility index (Phi) is 16.1. The minimum atomic E-state index is 0.322. The van der Waals surface area contributed by atoms with Crippen molar-refractivity contribution >= 4 is 0 Å². The second kappa shape index (κ2) is 14.5. The van der Waals surface area contributed by atoms with Gasteiger partial charge in [-0.25, -0.2) is 0 Å². The van der Waals surface area contributed by atoms with Crippen LogP contribution in [0, 0.1) is 0 Å². The van der Waals surface area contributed by atoms with Crippen molar-refractivity contribution in [2.24, 2.45) is 0 Å². The van der Waals surface area contributed by atoms with Gasteiger partial charge in [0.1, 0.15) is 5.75 Å². The van der Waals surface area contributed by atoms with Gasteiger partial charge in [0.25, 0.3) is 0 Å². The van der Waals surface area contributed by atoms with Gasteiger partial charge in [-0.2, -0.15) is 0 Å². The van der Waals surface area contributed by atoms with Crippen molar-refractivity contribution in [3.63, 3.8) is 0 Å². The van der Waals surface area contributed by atoms with Gasteiger partial charge >= 0.3 is 0 Å². The molecule has 1 N–H and O–H groups in total. The van der Waals surface area contributed by atoms with Crippen LogP contribution in [-0.2, 0) is 0 Å². The zero-order valence-corrected chi connectivity index (χ0v) is 9.96. The lowest BCUT2D eigenvalue weighted by atomic mass is 10.3. The van der Waals surface area contributed by atoms with Crippen LogP contribution in [0.1, 0.15) is 47.0 Å². The number of phenolic OH excluding ortho intramolecular Hbond substituents is 1. The van der Waals surface area contributed by atoms with E-state index in [-0.39, 0.29) is 0 Å². The van der Waals surface area contributed by atoms with Gasteiger partial charge in [0, 0.05) is 0 Å². The van der Waals surface area contributed by atoms with E-state index >= 15 is 0 Å². The maximum absolute atomic E-state index is 8.63. The van der Waals surface area contributed by atoms with E-state index in [0.717, 1.165) is 0 Å². The first kappa shape index (κ1) is 15.5. The molecular weight excluding hydrogens is 172 g/mol. The monoisotopic (exact) mass is 196 g/mol. The average molecular weight is 196 g/mol. The fourth-order valence-corrected chi connectivity index (χ4v) is 0.428. The maximum atomic E-state index is 8.63. The Balaban J connectivity index is 0. The molecule has 0 atom stereocenters. The maximum Gasteiger partial charge on any atom is 0.115 e. The molecule has 1 aromatic carbocycles. The molecule has 1 heteroatoms. The summed E-state index contributed by atoms with van der Waals surface area (Å²) in [6.45, 7) is 8.61. The molecule has 14 heavy (non-hydrogen) atoms. The second-order valence-electron chi connectivity index (χ2n) is 3.04. The molecule has 1 rings (SSSR count). The van der Waals surface area contributed by atoms with Gasteiger partial charge in [-0.15, -0.1) is 0 Å². The minimum Gasteiger partial charge on any atom is -0.508 e. The van der Waals surface area contributed by atoms with Gasteiger partial charge in [0.15, 0.2) is 0 Å². The fraction of sp³-hybridized carbons (Fsp3) is 0.538. The summed E-state index contributed by atoms with van der Waals surface area (Å²) in [7, 11) is 0. The van der Waals surface area contributed by atoms with Crippen LogP contribution in [0.2, 0.25) is 0 Å². The predicted octanol–water partition coefficient (Wildman–Crippen LogP) is 4.61. The van der Waals surface area contributed by atoms with Gasteiger partial charge < -0.3 is 5.11 Å². The zero-order valence-electron chi connectivity index (χ0n) is 9.96. The van der Waals surface area contributed by atoms with E-state index in [2.05, 4.69) is 27.7 Å². The predicted molar refractivity (Wildman–Crippen MR) is 64.7 cm³/mol. The molecule has 0 saturated carbocycles. The van der Waals surface area contributed by atoms with Crippen LogP contribution in [0.4, 0.5) is 0 Å². The van der Waals surface area contributed by atoms with Gasteiger partial charge in [-0.1, -0.05) is 65.2 Å². The smallest absolute Gasteiger partial charge is 0.115 e. The summed E-state index contributed by atoms with van der Waals surface area (Å²) in [5.41, 5.74) is 0. The standard InChI is InChI=1S/C6H6O.C4H10.C3H8/c7-6-4-2-1-3-5-6;1-3-4-2;1-3-2/h1-5,7H;3-4H2,1-2H3;3H2,1-2H3. The number of benzene rings is 1. The van der Waals surface area contributed by atoms with E-state index in [9.17, 15) is 0 Å². The highest BCUT2D eigenvalue weighted by molar-refractivity contribution is 5.18. The molecule has 0 aromatic heterocycles. The molecule has 0 unspecified atom stereocenters. The fourth-order valence-electron chi connectivity index (χ4n) is 0.428. The van der Waals surface area contributed by atoms with Gasteiger partial charge in [0.2, 0.25) is 0 Å². The van der Waals surface area contributed by atoms with Gasteiger partial charge in [-0.05, 0) is 12.1 Å². The van der Waals surface area contributed by atoms with Crippen molar-refractivity contribution in [2.75, 3.05) is 0 Å². The lowest BCUT2D eigenvalue weighted by molar-refractivity contribution is 0.475. The summed E-state index contributed by atoms with van der Waals surface area (Å²) in [6.07, 6.45) is 3.89. The van der Waals surface area contributed by atoms with Crippen LogP contribution >= 0.6 is 0 Å². The third kappa shape index (κ3) is 17.2. The lowest BCUT2D eigenvalue weighted by Crippen LogP contribution is -1.56. The van der Waals surface area contributed by atoms with Crippen LogP contribution in [0.15, 0.2) is 30.3 Å². The Labute approximate surface area is 88.8 Å². The number of unbranched alkanes of at least 4 members (excludes halogenated alkanes) is 1. The highest BCUT2D eigenvalue weighted by Gasteiger charge is 1.74. The Morgan fingerprint density at radius 3 is 1.36 bits per heavy atom. The Morgan fingerprint density at radius 1 is 0.857 bits per heavy atom. The molecule has 0 radical (unpaired) electrons. The third-order valence-electron chi connectivity index (χ3n) is 1.26. The third-order valence-corrected chi connectivity index (χ3v) is 1.26. The first-order valence-electron chi connectivity index (χ1n) is 5.46. The van der Waals surface area contributed by atoms with E-state index < -0.39 is 0 Å². The molecule has 0 aliphatic rings. The number of hydrogen-bond donors (Lipinski definition) is 1. The van der Waals surface area contributed by atoms with Crippen molar-refractivity contribution < 1.29 is 5.11 Å². The van der Waals surface area contributed by atoms with E-state index in [1.165, 1.54) is 19.3 Å². The largest absolute Gasteiger partial charge is 0.508 e. The van der Waals surface area contributed by atoms with Gasteiger partial charge in [0.05, 0.1) is 0 Å². The molecule has 0 bridgehead atoms. The summed E-state index contributed by atoms with van der Waals surface area (Å²) < 4.78 is 0. The second-order valence-corrected chi connectivity index (χ2v) is 3.04. The number of aromatic hydroxyl groups is 1. The number of hydrogen-bond acceptors (Lipinski definition) is 1. The topological polar surface area (TPSA) is 20.2 Å². The van der Waals surface area contributed by atoms with Crippen molar-refractivity contribution in [1.82, 2.24) is 0 Å². The quantitative estimate of drug-likeness (QED) is 0.695.